The third-order valence-electron chi connectivity index (χ3n) is 4.59. The molecule has 0 radical (unpaired) electrons. The molecule has 0 aliphatic carbocycles. The number of para-hydroxylation sites is 2. The van der Waals surface area contributed by atoms with Crippen LogP contribution in [0.3, 0.4) is 0 Å². The molecular weight excluding hydrogens is 316 g/mol. The first kappa shape index (κ1) is 17.0. The van der Waals surface area contributed by atoms with Gasteiger partial charge in [-0.25, -0.2) is 0 Å². The highest BCUT2D eigenvalue weighted by Gasteiger charge is 2.36. The average molecular weight is 338 g/mol. The molecule has 1 saturated heterocycles. The second-order valence-electron chi connectivity index (χ2n) is 6.22. The normalized spacial score (nSPS) is 16.8. The van der Waals surface area contributed by atoms with Gasteiger partial charge in [0.2, 0.25) is 11.8 Å². The number of methoxy groups -OCH3 is 1. The standard InChI is InChI=1S/C20H22N2O3/c1-14-7-3-4-8-15(14)12-21-20(24)16-11-19(23)22(13-16)17-9-5-6-10-18(17)25-2/h3-10,16H,11-13H2,1-2H3,(H,21,24). The summed E-state index contributed by atoms with van der Waals surface area (Å²) < 4.78 is 5.33. The third kappa shape index (κ3) is 3.65. The molecule has 25 heavy (non-hydrogen) atoms. The number of benzene rings is 2. The molecule has 1 aliphatic heterocycles. The van der Waals surface area contributed by atoms with Gasteiger partial charge in [0.15, 0.2) is 0 Å². The van der Waals surface area contributed by atoms with Crippen LogP contribution in [0.5, 0.6) is 5.75 Å². The molecule has 3 rings (SSSR count). The molecular formula is C20H22N2O3. The van der Waals surface area contributed by atoms with Crippen LogP contribution in [0.15, 0.2) is 48.5 Å². The third-order valence-corrected chi connectivity index (χ3v) is 4.59. The number of carbonyl (C=O) groups is 2. The topological polar surface area (TPSA) is 58.6 Å². The molecule has 130 valence electrons. The summed E-state index contributed by atoms with van der Waals surface area (Å²) in [6.45, 7) is 2.87. The van der Waals surface area contributed by atoms with Crippen LogP contribution in [0.25, 0.3) is 0 Å². The van der Waals surface area contributed by atoms with Crippen molar-refractivity contribution in [2.75, 3.05) is 18.6 Å². The molecule has 2 aromatic carbocycles. The van der Waals surface area contributed by atoms with E-state index in [1.54, 1.807) is 12.0 Å². The fourth-order valence-electron chi connectivity index (χ4n) is 3.10. The van der Waals surface area contributed by atoms with E-state index in [2.05, 4.69) is 5.32 Å². The monoisotopic (exact) mass is 338 g/mol. The van der Waals surface area contributed by atoms with Crippen molar-refractivity contribution in [2.24, 2.45) is 5.92 Å². The first-order valence-corrected chi connectivity index (χ1v) is 8.35. The van der Waals surface area contributed by atoms with Gasteiger partial charge in [-0.1, -0.05) is 36.4 Å². The Morgan fingerprint density at radius 1 is 1.20 bits per heavy atom. The molecule has 1 N–H and O–H groups in total. The number of nitrogens with one attached hydrogen (secondary N) is 1. The van der Waals surface area contributed by atoms with Gasteiger partial charge >= 0.3 is 0 Å². The molecule has 0 spiro atoms. The maximum Gasteiger partial charge on any atom is 0.227 e. The number of carbonyl (C=O) groups excluding carboxylic acids is 2. The van der Waals surface area contributed by atoms with Crippen molar-refractivity contribution in [3.05, 3.63) is 59.7 Å². The molecule has 1 aliphatic rings. The number of hydrogen-bond acceptors (Lipinski definition) is 3. The van der Waals surface area contributed by atoms with E-state index in [0.29, 0.717) is 24.5 Å². The van der Waals surface area contributed by atoms with Gasteiger partial charge in [0, 0.05) is 19.5 Å². The van der Waals surface area contributed by atoms with Gasteiger partial charge < -0.3 is 15.0 Å². The van der Waals surface area contributed by atoms with Crippen LogP contribution in [-0.4, -0.2) is 25.5 Å². The summed E-state index contributed by atoms with van der Waals surface area (Å²) in [5.74, 6) is 0.146. The van der Waals surface area contributed by atoms with Crippen LogP contribution in [0.4, 0.5) is 5.69 Å². The second kappa shape index (κ2) is 7.38. The first-order chi connectivity index (χ1) is 12.1. The summed E-state index contributed by atoms with van der Waals surface area (Å²) in [6.07, 6.45) is 0.220. The van der Waals surface area contributed by atoms with Gasteiger partial charge in [-0.15, -0.1) is 0 Å². The number of anilines is 1. The molecule has 2 aromatic rings. The fourth-order valence-corrected chi connectivity index (χ4v) is 3.10. The summed E-state index contributed by atoms with van der Waals surface area (Å²) in [7, 11) is 1.58. The highest BCUT2D eigenvalue weighted by Crippen LogP contribution is 2.32. The zero-order chi connectivity index (χ0) is 17.8. The molecule has 5 heteroatoms. The summed E-state index contributed by atoms with van der Waals surface area (Å²) >= 11 is 0. The minimum atomic E-state index is -0.346. The molecule has 1 fully saturated rings. The Labute approximate surface area is 147 Å². The van der Waals surface area contributed by atoms with Crippen LogP contribution in [-0.2, 0) is 16.1 Å². The Hall–Kier alpha value is -2.82. The zero-order valence-corrected chi connectivity index (χ0v) is 14.5. The maximum atomic E-state index is 12.5. The van der Waals surface area contributed by atoms with Crippen molar-refractivity contribution in [2.45, 2.75) is 19.9 Å². The predicted molar refractivity (Wildman–Crippen MR) is 96.5 cm³/mol. The molecule has 0 bridgehead atoms. The minimum absolute atomic E-state index is 0.0551. The van der Waals surface area contributed by atoms with E-state index in [4.69, 9.17) is 4.74 Å². The lowest BCUT2D eigenvalue weighted by molar-refractivity contribution is -0.126. The predicted octanol–water partition coefficient (Wildman–Crippen LogP) is 2.67. The van der Waals surface area contributed by atoms with Crippen molar-refractivity contribution < 1.29 is 14.3 Å². The van der Waals surface area contributed by atoms with Crippen LogP contribution in [0, 0.1) is 12.8 Å². The maximum absolute atomic E-state index is 12.5. The van der Waals surface area contributed by atoms with Gasteiger partial charge in [-0.3, -0.25) is 9.59 Å². The Kier molecular flexibility index (Phi) is 5.03. The highest BCUT2D eigenvalue weighted by molar-refractivity contribution is 6.01. The van der Waals surface area contributed by atoms with Crippen molar-refractivity contribution in [3.8, 4) is 5.75 Å². The SMILES string of the molecule is COc1ccccc1N1CC(C(=O)NCc2ccccc2C)CC1=O. The Bertz CT molecular complexity index is 788. The van der Waals surface area contributed by atoms with E-state index in [9.17, 15) is 9.59 Å². The lowest BCUT2D eigenvalue weighted by Crippen LogP contribution is -2.32. The molecule has 0 aromatic heterocycles. The van der Waals surface area contributed by atoms with E-state index in [-0.39, 0.29) is 24.2 Å². The van der Waals surface area contributed by atoms with Crippen molar-refractivity contribution >= 4 is 17.5 Å². The Morgan fingerprint density at radius 3 is 2.68 bits per heavy atom. The van der Waals surface area contributed by atoms with Gasteiger partial charge in [-0.2, -0.15) is 0 Å². The highest BCUT2D eigenvalue weighted by atomic mass is 16.5. The zero-order valence-electron chi connectivity index (χ0n) is 14.5. The average Bonchev–Trinajstić information content (AvgIpc) is 3.02. The molecule has 2 amide bonds. The number of aryl methyl sites for hydroxylation is 1. The van der Waals surface area contributed by atoms with Gasteiger partial charge in [0.25, 0.3) is 0 Å². The van der Waals surface area contributed by atoms with Crippen LogP contribution < -0.4 is 15.0 Å². The van der Waals surface area contributed by atoms with Crippen LogP contribution >= 0.6 is 0 Å². The minimum Gasteiger partial charge on any atom is -0.495 e. The summed E-state index contributed by atoms with van der Waals surface area (Å²) in [4.78, 5) is 26.5. The summed E-state index contributed by atoms with van der Waals surface area (Å²) in [5, 5.41) is 2.95. The molecule has 5 nitrogen and oxygen atoms in total. The van der Waals surface area contributed by atoms with Crippen molar-refractivity contribution in [1.82, 2.24) is 5.32 Å². The number of nitrogens with zero attached hydrogens (tertiary/aromatic N) is 1. The molecule has 0 saturated carbocycles. The van der Waals surface area contributed by atoms with Crippen LogP contribution in [0.1, 0.15) is 17.5 Å². The Balaban J connectivity index is 1.66. The summed E-state index contributed by atoms with van der Waals surface area (Å²) in [6, 6.07) is 15.3. The van der Waals surface area contributed by atoms with Gasteiger partial charge in [0.05, 0.1) is 18.7 Å². The number of hydrogen-bond donors (Lipinski definition) is 1. The fraction of sp³-hybridized carbons (Fsp3) is 0.300. The molecule has 1 unspecified atom stereocenters. The quantitative estimate of drug-likeness (QED) is 0.912. The van der Waals surface area contributed by atoms with Crippen molar-refractivity contribution in [3.63, 3.8) is 0 Å². The number of amides is 2. The number of rotatable bonds is 5. The van der Waals surface area contributed by atoms with E-state index >= 15 is 0 Å². The Morgan fingerprint density at radius 2 is 1.92 bits per heavy atom. The first-order valence-electron chi connectivity index (χ1n) is 8.35. The van der Waals surface area contributed by atoms with Gasteiger partial charge in [0.1, 0.15) is 5.75 Å². The molecule has 1 atom stereocenters. The molecule has 1 heterocycles. The lowest BCUT2D eigenvalue weighted by Gasteiger charge is -2.19. The van der Waals surface area contributed by atoms with E-state index in [0.717, 1.165) is 11.1 Å². The number of ether oxygens (including phenoxy) is 1. The summed E-state index contributed by atoms with van der Waals surface area (Å²) in [5.41, 5.74) is 2.94. The van der Waals surface area contributed by atoms with E-state index in [1.165, 1.54) is 0 Å². The van der Waals surface area contributed by atoms with Crippen molar-refractivity contribution in [1.29, 1.82) is 0 Å². The van der Waals surface area contributed by atoms with Crippen LogP contribution in [0.2, 0.25) is 0 Å². The van der Waals surface area contributed by atoms with E-state index in [1.807, 2.05) is 55.5 Å². The second-order valence-corrected chi connectivity index (χ2v) is 6.22. The van der Waals surface area contributed by atoms with Gasteiger partial charge in [-0.05, 0) is 30.2 Å². The smallest absolute Gasteiger partial charge is 0.227 e. The lowest BCUT2D eigenvalue weighted by atomic mass is 10.1. The van der Waals surface area contributed by atoms with E-state index < -0.39 is 0 Å². The largest absolute Gasteiger partial charge is 0.495 e.